The minimum atomic E-state index is -0.637. The van der Waals surface area contributed by atoms with Crippen LogP contribution in [0.5, 0.6) is 0 Å². The number of nitrogens with two attached hydrogens (primary N) is 1. The number of halogens is 1. The van der Waals surface area contributed by atoms with Crippen LogP contribution in [-0.2, 0) is 6.54 Å². The number of urea groups is 1. The normalized spacial score (nSPS) is 9.95. The molecule has 0 aliphatic rings. The Bertz CT molecular complexity index is 656. The van der Waals surface area contributed by atoms with Gasteiger partial charge in [-0.1, -0.05) is 18.2 Å². The molecule has 0 bridgehead atoms. The standard InChI is InChI=1S/C15H14FN3O2/c16-12-3-1-2-11(8-12)14(20)18-9-10-4-6-13(7-5-10)19-15(17)21/h1-8H,9H2,(H,18,20)(H3,17,19,21). The van der Waals surface area contributed by atoms with Gasteiger partial charge in [0.15, 0.2) is 0 Å². The van der Waals surface area contributed by atoms with Crippen molar-refractivity contribution in [1.82, 2.24) is 5.32 Å². The lowest BCUT2D eigenvalue weighted by Crippen LogP contribution is -2.23. The first kappa shape index (κ1) is 14.5. The lowest BCUT2D eigenvalue weighted by Gasteiger charge is -2.07. The Morgan fingerprint density at radius 2 is 1.81 bits per heavy atom. The molecule has 3 amide bonds. The second-order valence-corrected chi connectivity index (χ2v) is 4.38. The summed E-state index contributed by atoms with van der Waals surface area (Å²) in [7, 11) is 0. The Kier molecular flexibility index (Phi) is 4.50. The van der Waals surface area contributed by atoms with E-state index in [0.29, 0.717) is 12.2 Å². The molecule has 21 heavy (non-hydrogen) atoms. The van der Waals surface area contributed by atoms with Crippen LogP contribution >= 0.6 is 0 Å². The van der Waals surface area contributed by atoms with Gasteiger partial charge >= 0.3 is 6.03 Å². The summed E-state index contributed by atoms with van der Waals surface area (Å²) in [6.45, 7) is 0.298. The second-order valence-electron chi connectivity index (χ2n) is 4.38. The van der Waals surface area contributed by atoms with E-state index in [1.807, 2.05) is 0 Å². The average molecular weight is 287 g/mol. The molecule has 2 aromatic rings. The van der Waals surface area contributed by atoms with Gasteiger partial charge in [0.2, 0.25) is 0 Å². The van der Waals surface area contributed by atoms with Gasteiger partial charge in [-0.2, -0.15) is 0 Å². The highest BCUT2D eigenvalue weighted by Crippen LogP contribution is 2.09. The number of primary amides is 1. The molecule has 2 rings (SSSR count). The molecule has 5 nitrogen and oxygen atoms in total. The summed E-state index contributed by atoms with van der Waals surface area (Å²) in [5.41, 5.74) is 6.68. The maximum Gasteiger partial charge on any atom is 0.316 e. The molecule has 108 valence electrons. The SMILES string of the molecule is NC(=O)Nc1ccc(CNC(=O)c2cccc(F)c2)cc1. The van der Waals surface area contributed by atoms with Crippen molar-refractivity contribution in [2.24, 2.45) is 5.73 Å². The smallest absolute Gasteiger partial charge is 0.316 e. The minimum absolute atomic E-state index is 0.266. The molecule has 0 fully saturated rings. The van der Waals surface area contributed by atoms with Crippen LogP contribution in [0.1, 0.15) is 15.9 Å². The van der Waals surface area contributed by atoms with Crippen molar-refractivity contribution in [3.05, 3.63) is 65.5 Å². The summed E-state index contributed by atoms with van der Waals surface area (Å²) in [6, 6.07) is 11.7. The van der Waals surface area contributed by atoms with Crippen LogP contribution in [0, 0.1) is 5.82 Å². The highest BCUT2D eigenvalue weighted by Gasteiger charge is 2.06. The van der Waals surface area contributed by atoms with E-state index < -0.39 is 11.8 Å². The number of amides is 3. The monoisotopic (exact) mass is 287 g/mol. The van der Waals surface area contributed by atoms with Crippen molar-refractivity contribution in [3.8, 4) is 0 Å². The number of anilines is 1. The Morgan fingerprint density at radius 3 is 2.43 bits per heavy atom. The van der Waals surface area contributed by atoms with Crippen LogP contribution < -0.4 is 16.4 Å². The van der Waals surface area contributed by atoms with Gasteiger partial charge in [-0.3, -0.25) is 4.79 Å². The summed E-state index contributed by atoms with van der Waals surface area (Å²) in [5.74, 6) is -0.807. The molecule has 0 unspecified atom stereocenters. The van der Waals surface area contributed by atoms with Crippen LogP contribution in [-0.4, -0.2) is 11.9 Å². The fraction of sp³-hybridized carbons (Fsp3) is 0.0667. The van der Waals surface area contributed by atoms with Crippen molar-refractivity contribution in [2.75, 3.05) is 5.32 Å². The quantitative estimate of drug-likeness (QED) is 0.805. The summed E-state index contributed by atoms with van der Waals surface area (Å²) in [6.07, 6.45) is 0. The lowest BCUT2D eigenvalue weighted by atomic mass is 10.2. The number of hydrogen-bond acceptors (Lipinski definition) is 2. The third-order valence-corrected chi connectivity index (χ3v) is 2.76. The van der Waals surface area contributed by atoms with E-state index in [2.05, 4.69) is 10.6 Å². The molecule has 0 heterocycles. The molecular formula is C15H14FN3O2. The van der Waals surface area contributed by atoms with Crippen LogP contribution in [0.2, 0.25) is 0 Å². The number of nitrogens with one attached hydrogen (secondary N) is 2. The van der Waals surface area contributed by atoms with E-state index in [4.69, 9.17) is 5.73 Å². The van der Waals surface area contributed by atoms with E-state index in [1.165, 1.54) is 24.3 Å². The lowest BCUT2D eigenvalue weighted by molar-refractivity contribution is 0.0950. The first-order chi connectivity index (χ1) is 10.0. The molecule has 4 N–H and O–H groups in total. The molecule has 0 saturated carbocycles. The van der Waals surface area contributed by atoms with Crippen molar-refractivity contribution in [1.29, 1.82) is 0 Å². The first-order valence-corrected chi connectivity index (χ1v) is 6.24. The topological polar surface area (TPSA) is 84.2 Å². The van der Waals surface area contributed by atoms with Gasteiger partial charge in [0.05, 0.1) is 0 Å². The summed E-state index contributed by atoms with van der Waals surface area (Å²) >= 11 is 0. The van der Waals surface area contributed by atoms with E-state index >= 15 is 0 Å². The number of carbonyl (C=O) groups excluding carboxylic acids is 2. The fourth-order valence-electron chi connectivity index (χ4n) is 1.76. The van der Waals surface area contributed by atoms with Gasteiger partial charge in [0.25, 0.3) is 5.91 Å². The highest BCUT2D eigenvalue weighted by molar-refractivity contribution is 5.94. The zero-order valence-corrected chi connectivity index (χ0v) is 11.1. The van der Waals surface area contributed by atoms with Gasteiger partial charge < -0.3 is 16.4 Å². The van der Waals surface area contributed by atoms with Crippen molar-refractivity contribution in [2.45, 2.75) is 6.54 Å². The van der Waals surface area contributed by atoms with Crippen molar-refractivity contribution in [3.63, 3.8) is 0 Å². The largest absolute Gasteiger partial charge is 0.351 e. The summed E-state index contributed by atoms with van der Waals surface area (Å²) in [5, 5.41) is 5.12. The number of hydrogen-bond donors (Lipinski definition) is 3. The molecule has 0 spiro atoms. The highest BCUT2D eigenvalue weighted by atomic mass is 19.1. The van der Waals surface area contributed by atoms with Gasteiger partial charge in [-0.15, -0.1) is 0 Å². The molecular weight excluding hydrogens is 273 g/mol. The third kappa shape index (κ3) is 4.31. The predicted molar refractivity (Wildman–Crippen MR) is 77.2 cm³/mol. The molecule has 0 aliphatic carbocycles. The molecule has 0 atom stereocenters. The third-order valence-electron chi connectivity index (χ3n) is 2.76. The molecule has 0 aromatic heterocycles. The van der Waals surface area contributed by atoms with Crippen LogP contribution in [0.15, 0.2) is 48.5 Å². The van der Waals surface area contributed by atoms with Crippen molar-refractivity contribution >= 4 is 17.6 Å². The zero-order valence-electron chi connectivity index (χ0n) is 11.1. The first-order valence-electron chi connectivity index (χ1n) is 6.24. The average Bonchev–Trinajstić information content (AvgIpc) is 2.45. The van der Waals surface area contributed by atoms with Gasteiger partial charge in [-0.05, 0) is 35.9 Å². The number of rotatable bonds is 4. The van der Waals surface area contributed by atoms with Crippen LogP contribution in [0.25, 0.3) is 0 Å². The Hall–Kier alpha value is -2.89. The van der Waals surface area contributed by atoms with Crippen LogP contribution in [0.3, 0.4) is 0 Å². The molecule has 2 aromatic carbocycles. The maximum atomic E-state index is 13.0. The van der Waals surface area contributed by atoms with Gasteiger partial charge in [-0.25, -0.2) is 9.18 Å². The molecule has 0 aliphatic heterocycles. The minimum Gasteiger partial charge on any atom is -0.351 e. The predicted octanol–water partition coefficient (Wildman–Crippen LogP) is 2.25. The van der Waals surface area contributed by atoms with E-state index in [0.717, 1.165) is 5.56 Å². The fourth-order valence-corrected chi connectivity index (χ4v) is 1.76. The Labute approximate surface area is 121 Å². The number of benzene rings is 2. The second kappa shape index (κ2) is 6.51. The molecule has 0 saturated heterocycles. The Morgan fingerprint density at radius 1 is 1.10 bits per heavy atom. The van der Waals surface area contributed by atoms with E-state index in [1.54, 1.807) is 24.3 Å². The van der Waals surface area contributed by atoms with Crippen molar-refractivity contribution < 1.29 is 14.0 Å². The van der Waals surface area contributed by atoms with Crippen LogP contribution in [0.4, 0.5) is 14.9 Å². The van der Waals surface area contributed by atoms with Gasteiger partial charge in [0.1, 0.15) is 5.82 Å². The van der Waals surface area contributed by atoms with E-state index in [9.17, 15) is 14.0 Å². The molecule has 6 heteroatoms. The maximum absolute atomic E-state index is 13.0. The molecule has 0 radical (unpaired) electrons. The van der Waals surface area contributed by atoms with E-state index in [-0.39, 0.29) is 11.5 Å². The number of carbonyl (C=O) groups is 2. The van der Waals surface area contributed by atoms with Gasteiger partial charge in [0, 0.05) is 17.8 Å². The summed E-state index contributed by atoms with van der Waals surface area (Å²) < 4.78 is 13.0. The Balaban J connectivity index is 1.93. The summed E-state index contributed by atoms with van der Waals surface area (Å²) in [4.78, 5) is 22.5. The zero-order chi connectivity index (χ0) is 15.2.